The second-order valence-corrected chi connectivity index (χ2v) is 7.54. The number of terminal acetylenes is 1. The zero-order chi connectivity index (χ0) is 19.0. The first-order valence-electron chi connectivity index (χ1n) is 7.32. The third-order valence-corrected chi connectivity index (χ3v) is 4.72. The fraction of sp³-hybridized carbons (Fsp3) is 0.375. The molecule has 0 fully saturated rings. The van der Waals surface area contributed by atoms with Crippen molar-refractivity contribution in [3.63, 3.8) is 0 Å². The highest BCUT2D eigenvalue weighted by Crippen LogP contribution is 2.17. The van der Waals surface area contributed by atoms with Gasteiger partial charge in [0.25, 0.3) is 5.91 Å². The Kier molecular flexibility index (Phi) is 7.90. The lowest BCUT2D eigenvalue weighted by atomic mass is 10.1. The molecule has 1 rings (SSSR count). The first kappa shape index (κ1) is 21.0. The fourth-order valence-electron chi connectivity index (χ4n) is 1.75. The molecule has 136 valence electrons. The number of nitrogens with one attached hydrogen (secondary N) is 2. The summed E-state index contributed by atoms with van der Waals surface area (Å²) in [4.78, 5) is 23.5. The van der Waals surface area contributed by atoms with E-state index >= 15 is 0 Å². The number of sulfonamides is 1. The van der Waals surface area contributed by atoms with Gasteiger partial charge in [-0.25, -0.2) is 8.42 Å². The Balaban J connectivity index is 2.81. The van der Waals surface area contributed by atoms with Gasteiger partial charge in [-0.2, -0.15) is 4.72 Å². The Morgan fingerprint density at radius 2 is 2.04 bits per heavy atom. The average molecular weight is 387 g/mol. The molecule has 1 atom stereocenters. The van der Waals surface area contributed by atoms with Gasteiger partial charge >= 0.3 is 5.97 Å². The minimum atomic E-state index is -3.99. The number of carbonyl (C=O) groups excluding carboxylic acids is 2. The highest BCUT2D eigenvalue weighted by Gasteiger charge is 2.30. The van der Waals surface area contributed by atoms with Gasteiger partial charge in [-0.05, 0) is 24.1 Å². The molecule has 9 heteroatoms. The number of hydrogen-bond acceptors (Lipinski definition) is 5. The molecule has 0 saturated heterocycles. The van der Waals surface area contributed by atoms with Crippen molar-refractivity contribution < 1.29 is 22.7 Å². The fourth-order valence-corrected chi connectivity index (χ4v) is 3.39. The summed E-state index contributed by atoms with van der Waals surface area (Å²) in [5, 5.41) is 2.58. The van der Waals surface area contributed by atoms with Crippen molar-refractivity contribution in [2.75, 3.05) is 13.2 Å². The molecule has 0 aliphatic heterocycles. The largest absolute Gasteiger partial charge is 0.454 e. The Morgan fingerprint density at radius 1 is 1.36 bits per heavy atom. The molecular formula is C16H19ClN2O5S. The third-order valence-electron chi connectivity index (χ3n) is 3.04. The molecule has 0 unspecified atom stereocenters. The number of rotatable bonds is 8. The molecular weight excluding hydrogens is 368 g/mol. The zero-order valence-corrected chi connectivity index (χ0v) is 15.4. The van der Waals surface area contributed by atoms with Gasteiger partial charge in [0.05, 0.1) is 11.4 Å². The van der Waals surface area contributed by atoms with E-state index in [1.807, 2.05) is 0 Å². The Hall–Kier alpha value is -2.08. The van der Waals surface area contributed by atoms with Gasteiger partial charge in [-0.15, -0.1) is 6.42 Å². The van der Waals surface area contributed by atoms with Gasteiger partial charge in [-0.3, -0.25) is 9.59 Å². The molecule has 1 aromatic rings. The van der Waals surface area contributed by atoms with E-state index in [-0.39, 0.29) is 16.5 Å². The number of carbonyl (C=O) groups is 2. The summed E-state index contributed by atoms with van der Waals surface area (Å²) in [6.07, 6.45) is 5.00. The molecule has 0 aliphatic carbocycles. The molecule has 25 heavy (non-hydrogen) atoms. The van der Waals surface area contributed by atoms with Gasteiger partial charge in [-0.1, -0.05) is 37.4 Å². The quantitative estimate of drug-likeness (QED) is 0.511. The molecule has 2 N–H and O–H groups in total. The Morgan fingerprint density at radius 3 is 2.60 bits per heavy atom. The molecule has 1 aromatic carbocycles. The van der Waals surface area contributed by atoms with Crippen LogP contribution in [0.25, 0.3) is 0 Å². The van der Waals surface area contributed by atoms with E-state index < -0.39 is 40.5 Å². The topological polar surface area (TPSA) is 102 Å². The van der Waals surface area contributed by atoms with Crippen molar-refractivity contribution in [1.82, 2.24) is 10.0 Å². The maximum atomic E-state index is 12.4. The smallest absolute Gasteiger partial charge is 0.324 e. The van der Waals surface area contributed by atoms with Crippen LogP contribution in [0.4, 0.5) is 0 Å². The Bertz CT molecular complexity index is 771. The van der Waals surface area contributed by atoms with Crippen molar-refractivity contribution in [1.29, 1.82) is 0 Å². The normalized spacial score (nSPS) is 12.3. The zero-order valence-electron chi connectivity index (χ0n) is 13.8. The highest BCUT2D eigenvalue weighted by molar-refractivity contribution is 7.89. The van der Waals surface area contributed by atoms with Gasteiger partial charge in [0.15, 0.2) is 6.61 Å². The van der Waals surface area contributed by atoms with E-state index in [1.165, 1.54) is 24.3 Å². The molecule has 0 saturated carbocycles. The third kappa shape index (κ3) is 6.74. The number of esters is 1. The minimum absolute atomic E-state index is 0.00535. The molecule has 0 spiro atoms. The lowest BCUT2D eigenvalue weighted by Crippen LogP contribution is -2.46. The van der Waals surface area contributed by atoms with E-state index in [2.05, 4.69) is 16.0 Å². The van der Waals surface area contributed by atoms with Crippen molar-refractivity contribution in [3.8, 4) is 12.3 Å². The molecule has 1 amide bonds. The van der Waals surface area contributed by atoms with Crippen LogP contribution in [0.15, 0.2) is 29.2 Å². The van der Waals surface area contributed by atoms with E-state index in [4.69, 9.17) is 22.8 Å². The maximum Gasteiger partial charge on any atom is 0.324 e. The van der Waals surface area contributed by atoms with Gasteiger partial charge in [0.2, 0.25) is 10.0 Å². The molecule has 0 bridgehead atoms. The van der Waals surface area contributed by atoms with Crippen LogP contribution in [0, 0.1) is 18.3 Å². The maximum absolute atomic E-state index is 12.4. The molecule has 0 aliphatic rings. The number of halogens is 1. The van der Waals surface area contributed by atoms with E-state index in [1.54, 1.807) is 13.8 Å². The van der Waals surface area contributed by atoms with Gasteiger partial charge in [0, 0.05) is 5.02 Å². The lowest BCUT2D eigenvalue weighted by Gasteiger charge is -2.20. The summed E-state index contributed by atoms with van der Waals surface area (Å²) in [5.74, 6) is 0.357. The summed E-state index contributed by atoms with van der Waals surface area (Å²) in [6, 6.07) is 4.47. The number of ether oxygens (including phenoxy) is 1. The van der Waals surface area contributed by atoms with Crippen LogP contribution >= 0.6 is 11.6 Å². The summed E-state index contributed by atoms with van der Waals surface area (Å²) in [6.45, 7) is 2.74. The predicted octanol–water partition coefficient (Wildman–Crippen LogP) is 0.935. The van der Waals surface area contributed by atoms with Crippen LogP contribution in [0.3, 0.4) is 0 Å². The SMILES string of the molecule is C#CCNC(=O)COC(=O)[C@@H](NS(=O)(=O)c1cccc(Cl)c1)C(C)C. The molecule has 0 heterocycles. The molecule has 0 aromatic heterocycles. The van der Waals surface area contributed by atoms with Crippen LogP contribution < -0.4 is 10.0 Å². The van der Waals surface area contributed by atoms with Crippen LogP contribution in [0.1, 0.15) is 13.8 Å². The van der Waals surface area contributed by atoms with Gasteiger partial charge in [0.1, 0.15) is 6.04 Å². The minimum Gasteiger partial charge on any atom is -0.454 e. The highest BCUT2D eigenvalue weighted by atomic mass is 35.5. The predicted molar refractivity (Wildman–Crippen MR) is 93.2 cm³/mol. The monoisotopic (exact) mass is 386 g/mol. The first-order chi connectivity index (χ1) is 11.7. The van der Waals surface area contributed by atoms with Gasteiger partial charge < -0.3 is 10.1 Å². The standard InChI is InChI=1S/C16H19ClN2O5S/c1-4-8-18-14(20)10-24-16(21)15(11(2)3)19-25(22,23)13-7-5-6-12(17)9-13/h1,5-7,9,11,15,19H,8,10H2,2-3H3,(H,18,20)/t15-/m0/s1. The summed E-state index contributed by atoms with van der Waals surface area (Å²) in [7, 11) is -3.99. The summed E-state index contributed by atoms with van der Waals surface area (Å²) < 4.78 is 31.9. The van der Waals surface area contributed by atoms with Crippen LogP contribution in [0.2, 0.25) is 5.02 Å². The molecule has 7 nitrogen and oxygen atoms in total. The Labute approximate surface area is 152 Å². The lowest BCUT2D eigenvalue weighted by molar-refractivity contribution is -0.151. The van der Waals surface area contributed by atoms with E-state index in [0.717, 1.165) is 0 Å². The number of benzene rings is 1. The first-order valence-corrected chi connectivity index (χ1v) is 9.18. The second-order valence-electron chi connectivity index (χ2n) is 5.39. The molecule has 0 radical (unpaired) electrons. The van der Waals surface area contributed by atoms with E-state index in [9.17, 15) is 18.0 Å². The van der Waals surface area contributed by atoms with Crippen LogP contribution in [-0.4, -0.2) is 39.5 Å². The summed E-state index contributed by atoms with van der Waals surface area (Å²) >= 11 is 5.80. The summed E-state index contributed by atoms with van der Waals surface area (Å²) in [5.41, 5.74) is 0. The number of amides is 1. The average Bonchev–Trinajstić information content (AvgIpc) is 2.55. The van der Waals surface area contributed by atoms with Crippen molar-refractivity contribution in [3.05, 3.63) is 29.3 Å². The second kappa shape index (κ2) is 9.42. The van der Waals surface area contributed by atoms with Crippen molar-refractivity contribution >= 4 is 33.5 Å². The van der Waals surface area contributed by atoms with Crippen molar-refractivity contribution in [2.45, 2.75) is 24.8 Å². The van der Waals surface area contributed by atoms with Crippen LogP contribution in [-0.2, 0) is 24.3 Å². The van der Waals surface area contributed by atoms with Crippen molar-refractivity contribution in [2.24, 2.45) is 5.92 Å². The van der Waals surface area contributed by atoms with E-state index in [0.29, 0.717) is 0 Å². The number of hydrogen-bond donors (Lipinski definition) is 2. The van der Waals surface area contributed by atoms with Crippen LogP contribution in [0.5, 0.6) is 0 Å².